The van der Waals surface area contributed by atoms with Crippen LogP contribution >= 0.6 is 0 Å². The molecule has 4 heteroatoms. The summed E-state index contributed by atoms with van der Waals surface area (Å²) >= 11 is 0. The van der Waals surface area contributed by atoms with E-state index in [-0.39, 0.29) is 37.0 Å². The lowest BCUT2D eigenvalue weighted by Crippen LogP contribution is -2.31. The number of hydrogen-bond donors (Lipinski definition) is 0. The second kappa shape index (κ2) is 6.69. The van der Waals surface area contributed by atoms with E-state index in [4.69, 9.17) is 18.9 Å². The Balaban J connectivity index is 2.52. The fraction of sp³-hybridized carbons (Fsp3) is 1.00. The first-order valence-corrected chi connectivity index (χ1v) is 6.50. The largest absolute Gasteiger partial charge is 0.370 e. The third-order valence-corrected chi connectivity index (χ3v) is 2.29. The summed E-state index contributed by atoms with van der Waals surface area (Å²) in [4.78, 5) is 0. The molecule has 3 atom stereocenters. The zero-order valence-electron chi connectivity index (χ0n) is 11.8. The topological polar surface area (TPSA) is 36.9 Å². The molecule has 1 aliphatic heterocycles. The molecule has 0 bridgehead atoms. The van der Waals surface area contributed by atoms with Gasteiger partial charge in [-0.2, -0.15) is 0 Å². The summed E-state index contributed by atoms with van der Waals surface area (Å²) in [6.45, 7) is 12.0. The van der Waals surface area contributed by atoms with E-state index >= 15 is 0 Å². The van der Waals surface area contributed by atoms with Gasteiger partial charge in [0, 0.05) is 6.42 Å². The van der Waals surface area contributed by atoms with E-state index in [0.29, 0.717) is 0 Å². The van der Waals surface area contributed by atoms with Gasteiger partial charge in [-0.3, -0.25) is 0 Å². The molecule has 1 heterocycles. The molecule has 0 aromatic rings. The standard InChI is InChI=1S/C13H26O4/c1-8(2)14-11-7-12(15-9(3)4)17-13(11)16-10(5)6/h8-13H,7H2,1-6H3. The van der Waals surface area contributed by atoms with Crippen LogP contribution in [-0.2, 0) is 18.9 Å². The summed E-state index contributed by atoms with van der Waals surface area (Å²) in [5, 5.41) is 0. The molecule has 1 rings (SSSR count). The highest BCUT2D eigenvalue weighted by Gasteiger charge is 2.38. The van der Waals surface area contributed by atoms with Crippen LogP contribution in [0.1, 0.15) is 48.0 Å². The zero-order chi connectivity index (χ0) is 13.0. The maximum absolute atomic E-state index is 5.81. The maximum atomic E-state index is 5.81. The molecule has 0 amide bonds. The van der Waals surface area contributed by atoms with E-state index in [2.05, 4.69) is 0 Å². The first kappa shape index (κ1) is 14.9. The molecule has 0 aliphatic carbocycles. The average molecular weight is 246 g/mol. The Labute approximate surface area is 105 Å². The molecular weight excluding hydrogens is 220 g/mol. The molecule has 0 aromatic carbocycles. The van der Waals surface area contributed by atoms with Gasteiger partial charge in [0.05, 0.1) is 18.3 Å². The summed E-state index contributed by atoms with van der Waals surface area (Å²) < 4.78 is 22.9. The van der Waals surface area contributed by atoms with Crippen molar-refractivity contribution < 1.29 is 18.9 Å². The molecule has 0 radical (unpaired) electrons. The summed E-state index contributed by atoms with van der Waals surface area (Å²) in [5.74, 6) is 0. The minimum atomic E-state index is -0.318. The molecule has 3 unspecified atom stereocenters. The van der Waals surface area contributed by atoms with Crippen LogP contribution in [0, 0.1) is 0 Å². The van der Waals surface area contributed by atoms with Crippen molar-refractivity contribution in [3.8, 4) is 0 Å². The second-order valence-electron chi connectivity index (χ2n) is 5.26. The minimum absolute atomic E-state index is 0.0406. The summed E-state index contributed by atoms with van der Waals surface area (Å²) in [6.07, 6.45) is 0.589. The Morgan fingerprint density at radius 2 is 1.35 bits per heavy atom. The van der Waals surface area contributed by atoms with Crippen LogP contribution in [0.3, 0.4) is 0 Å². The molecule has 0 spiro atoms. The smallest absolute Gasteiger partial charge is 0.187 e. The van der Waals surface area contributed by atoms with Crippen molar-refractivity contribution in [3.05, 3.63) is 0 Å². The maximum Gasteiger partial charge on any atom is 0.187 e. The molecule has 102 valence electrons. The summed E-state index contributed by atoms with van der Waals surface area (Å²) in [6, 6.07) is 0. The van der Waals surface area contributed by atoms with Crippen molar-refractivity contribution >= 4 is 0 Å². The quantitative estimate of drug-likeness (QED) is 0.722. The molecule has 17 heavy (non-hydrogen) atoms. The van der Waals surface area contributed by atoms with E-state index in [1.807, 2.05) is 41.5 Å². The Bertz CT molecular complexity index is 197. The second-order valence-corrected chi connectivity index (χ2v) is 5.26. The SMILES string of the molecule is CC(C)OC1CC(OC(C)C)C(OC(C)C)O1. The molecule has 1 fully saturated rings. The first-order valence-electron chi connectivity index (χ1n) is 6.50. The van der Waals surface area contributed by atoms with Crippen molar-refractivity contribution in [2.75, 3.05) is 0 Å². The van der Waals surface area contributed by atoms with Crippen LogP contribution < -0.4 is 0 Å². The van der Waals surface area contributed by atoms with Crippen LogP contribution in [0.25, 0.3) is 0 Å². The van der Waals surface area contributed by atoms with Crippen LogP contribution in [0.5, 0.6) is 0 Å². The lowest BCUT2D eigenvalue weighted by molar-refractivity contribution is -0.241. The Kier molecular flexibility index (Phi) is 5.86. The normalized spacial score (nSPS) is 29.8. The molecule has 0 N–H and O–H groups in total. The predicted molar refractivity (Wildman–Crippen MR) is 65.7 cm³/mol. The molecule has 1 aliphatic rings. The Hall–Kier alpha value is -0.160. The monoisotopic (exact) mass is 246 g/mol. The Morgan fingerprint density at radius 3 is 1.82 bits per heavy atom. The van der Waals surface area contributed by atoms with Crippen molar-refractivity contribution in [2.45, 2.75) is 85.0 Å². The van der Waals surface area contributed by atoms with Gasteiger partial charge in [-0.1, -0.05) is 0 Å². The van der Waals surface area contributed by atoms with Crippen LogP contribution in [-0.4, -0.2) is 37.0 Å². The van der Waals surface area contributed by atoms with Gasteiger partial charge in [0.1, 0.15) is 6.10 Å². The predicted octanol–water partition coefficient (Wildman–Crippen LogP) is 2.70. The van der Waals surface area contributed by atoms with Crippen molar-refractivity contribution in [2.24, 2.45) is 0 Å². The van der Waals surface area contributed by atoms with E-state index in [1.54, 1.807) is 0 Å². The number of hydrogen-bond acceptors (Lipinski definition) is 4. The molecule has 0 saturated carbocycles. The highest BCUT2D eigenvalue weighted by molar-refractivity contribution is 4.75. The van der Waals surface area contributed by atoms with Crippen molar-refractivity contribution in [1.29, 1.82) is 0 Å². The number of ether oxygens (including phenoxy) is 4. The first-order chi connectivity index (χ1) is 7.88. The molecule has 1 saturated heterocycles. The van der Waals surface area contributed by atoms with E-state index in [9.17, 15) is 0 Å². The van der Waals surface area contributed by atoms with Crippen LogP contribution in [0.4, 0.5) is 0 Å². The van der Waals surface area contributed by atoms with Crippen LogP contribution in [0.2, 0.25) is 0 Å². The number of rotatable bonds is 6. The van der Waals surface area contributed by atoms with Crippen molar-refractivity contribution in [1.82, 2.24) is 0 Å². The van der Waals surface area contributed by atoms with Gasteiger partial charge in [0.25, 0.3) is 0 Å². The Morgan fingerprint density at radius 1 is 0.824 bits per heavy atom. The molecular formula is C13H26O4. The lowest BCUT2D eigenvalue weighted by atomic mass is 10.2. The average Bonchev–Trinajstić information content (AvgIpc) is 2.44. The van der Waals surface area contributed by atoms with Crippen molar-refractivity contribution in [3.63, 3.8) is 0 Å². The highest BCUT2D eigenvalue weighted by atomic mass is 16.8. The minimum Gasteiger partial charge on any atom is -0.370 e. The lowest BCUT2D eigenvalue weighted by Gasteiger charge is -2.22. The van der Waals surface area contributed by atoms with Crippen LogP contribution in [0.15, 0.2) is 0 Å². The van der Waals surface area contributed by atoms with E-state index in [0.717, 1.165) is 6.42 Å². The van der Waals surface area contributed by atoms with E-state index < -0.39 is 0 Å². The summed E-state index contributed by atoms with van der Waals surface area (Å²) in [7, 11) is 0. The van der Waals surface area contributed by atoms with Gasteiger partial charge in [-0.05, 0) is 41.5 Å². The fourth-order valence-corrected chi connectivity index (χ4v) is 1.84. The molecule has 4 nitrogen and oxygen atoms in total. The fourth-order valence-electron chi connectivity index (χ4n) is 1.84. The highest BCUT2D eigenvalue weighted by Crippen LogP contribution is 2.27. The van der Waals surface area contributed by atoms with E-state index in [1.165, 1.54) is 0 Å². The van der Waals surface area contributed by atoms with Gasteiger partial charge in [-0.15, -0.1) is 0 Å². The molecule has 0 aromatic heterocycles. The van der Waals surface area contributed by atoms with Gasteiger partial charge >= 0.3 is 0 Å². The zero-order valence-corrected chi connectivity index (χ0v) is 11.8. The van der Waals surface area contributed by atoms with Gasteiger partial charge in [0.15, 0.2) is 12.6 Å². The van der Waals surface area contributed by atoms with Gasteiger partial charge in [-0.25, -0.2) is 0 Å². The van der Waals surface area contributed by atoms with Gasteiger partial charge in [0.2, 0.25) is 0 Å². The third kappa shape index (κ3) is 5.34. The third-order valence-electron chi connectivity index (χ3n) is 2.29. The van der Waals surface area contributed by atoms with Gasteiger partial charge < -0.3 is 18.9 Å². The summed E-state index contributed by atoms with van der Waals surface area (Å²) in [5.41, 5.74) is 0.